The van der Waals surface area contributed by atoms with Crippen LogP contribution in [-0.2, 0) is 14.3 Å². The maximum Gasteiger partial charge on any atom is 0.387 e. The number of ether oxygens (including phenoxy) is 3. The second kappa shape index (κ2) is 10.7. The maximum absolute atomic E-state index is 14.3. The Bertz CT molecular complexity index is 1080. The highest BCUT2D eigenvalue weighted by Gasteiger charge is 2.37. The van der Waals surface area contributed by atoms with Crippen LogP contribution >= 0.6 is 12.2 Å². The fourth-order valence-corrected chi connectivity index (χ4v) is 3.85. The number of anilines is 1. The van der Waals surface area contributed by atoms with Crippen LogP contribution in [0.4, 0.5) is 18.9 Å². The fourth-order valence-electron chi connectivity index (χ4n) is 3.49. The van der Waals surface area contributed by atoms with Gasteiger partial charge in [-0.05, 0) is 49.8 Å². The summed E-state index contributed by atoms with van der Waals surface area (Å²) >= 11 is 5.51. The number of para-hydroxylation sites is 1. The summed E-state index contributed by atoms with van der Waals surface area (Å²) in [4.78, 5) is 14.6. The van der Waals surface area contributed by atoms with Crippen molar-refractivity contribution in [3.63, 3.8) is 0 Å². The number of carbonyl (C=O) groups is 1. The van der Waals surface area contributed by atoms with Crippen molar-refractivity contribution in [1.29, 1.82) is 0 Å². The number of nitrogens with zero attached hydrogens (tertiary/aromatic N) is 1. The molecule has 0 aromatic heterocycles. The molecule has 2 aromatic carbocycles. The predicted octanol–water partition coefficient (Wildman–Crippen LogP) is 4.63. The van der Waals surface area contributed by atoms with Gasteiger partial charge >= 0.3 is 12.6 Å². The number of thiocarbonyl (C=S) groups is 1. The van der Waals surface area contributed by atoms with Crippen LogP contribution in [0, 0.1) is 12.7 Å². The van der Waals surface area contributed by atoms with E-state index < -0.39 is 24.4 Å². The van der Waals surface area contributed by atoms with Crippen LogP contribution in [0.15, 0.2) is 53.7 Å². The van der Waals surface area contributed by atoms with Gasteiger partial charge in [0.25, 0.3) is 0 Å². The van der Waals surface area contributed by atoms with Crippen LogP contribution in [-0.4, -0.2) is 38.0 Å². The van der Waals surface area contributed by atoms with Crippen LogP contribution in [0.3, 0.4) is 0 Å². The molecule has 0 bridgehead atoms. The van der Waals surface area contributed by atoms with Gasteiger partial charge in [-0.2, -0.15) is 8.78 Å². The number of halogens is 3. The molecule has 1 aliphatic heterocycles. The van der Waals surface area contributed by atoms with E-state index in [1.54, 1.807) is 38.1 Å². The third kappa shape index (κ3) is 5.45. The molecule has 0 spiro atoms. The molecule has 10 heteroatoms. The summed E-state index contributed by atoms with van der Waals surface area (Å²) in [5, 5.41) is 3.15. The van der Waals surface area contributed by atoms with Gasteiger partial charge in [-0.15, -0.1) is 0 Å². The fraction of sp³-hybridized carbons (Fsp3) is 0.304. The molecule has 1 atom stereocenters. The molecule has 0 aliphatic carbocycles. The molecule has 33 heavy (non-hydrogen) atoms. The normalized spacial score (nSPS) is 16.2. The molecule has 0 saturated heterocycles. The lowest BCUT2D eigenvalue weighted by Gasteiger charge is -2.38. The first-order valence-corrected chi connectivity index (χ1v) is 10.4. The Kier molecular flexibility index (Phi) is 7.93. The Morgan fingerprint density at radius 1 is 1.18 bits per heavy atom. The number of methoxy groups -OCH3 is 1. The standard InChI is InChI=1S/C23H23F3N2O4S/c1-13-8-9-15(12-17(13)24)28-14(2)19(21(29)31-11-10-30-3)20(27-23(28)33)16-6-4-5-7-18(16)32-22(25)26/h4-9,12,20,22H,10-11H2,1-3H3,(H,27,33). The molecular formula is C23H23F3N2O4S. The van der Waals surface area contributed by atoms with E-state index in [-0.39, 0.29) is 35.2 Å². The number of aryl methyl sites for hydroxylation is 1. The molecule has 0 fully saturated rings. The van der Waals surface area contributed by atoms with Gasteiger partial charge < -0.3 is 19.5 Å². The Morgan fingerprint density at radius 3 is 2.58 bits per heavy atom. The van der Waals surface area contributed by atoms with Crippen LogP contribution in [0.1, 0.15) is 24.1 Å². The molecule has 0 amide bonds. The molecular weight excluding hydrogens is 457 g/mol. The number of hydrogen-bond donors (Lipinski definition) is 1. The van der Waals surface area contributed by atoms with E-state index in [9.17, 15) is 18.0 Å². The van der Waals surface area contributed by atoms with E-state index in [2.05, 4.69) is 10.1 Å². The summed E-state index contributed by atoms with van der Waals surface area (Å²) in [5.41, 5.74) is 1.59. The minimum absolute atomic E-state index is 0.0162. The number of allylic oxidation sites excluding steroid dienone is 1. The van der Waals surface area contributed by atoms with E-state index in [1.807, 2.05) is 0 Å². The van der Waals surface area contributed by atoms with Crippen molar-refractivity contribution in [2.45, 2.75) is 26.5 Å². The average Bonchev–Trinajstić information content (AvgIpc) is 2.76. The summed E-state index contributed by atoms with van der Waals surface area (Å²) in [5.74, 6) is -1.25. The first kappa shape index (κ1) is 24.5. The van der Waals surface area contributed by atoms with Crippen molar-refractivity contribution >= 4 is 29.0 Å². The van der Waals surface area contributed by atoms with Gasteiger partial charge in [-0.1, -0.05) is 24.3 Å². The molecule has 0 saturated carbocycles. The third-order valence-electron chi connectivity index (χ3n) is 5.08. The first-order chi connectivity index (χ1) is 15.7. The molecule has 176 valence electrons. The molecule has 3 rings (SSSR count). The zero-order chi connectivity index (χ0) is 24.1. The molecule has 6 nitrogen and oxygen atoms in total. The number of benzene rings is 2. The quantitative estimate of drug-likeness (QED) is 0.336. The lowest BCUT2D eigenvalue weighted by molar-refractivity contribution is -0.140. The second-order valence-corrected chi connectivity index (χ2v) is 7.58. The molecule has 0 radical (unpaired) electrons. The highest BCUT2D eigenvalue weighted by molar-refractivity contribution is 7.80. The van der Waals surface area contributed by atoms with E-state index in [0.717, 1.165) is 0 Å². The highest BCUT2D eigenvalue weighted by Crippen LogP contribution is 2.38. The highest BCUT2D eigenvalue weighted by atomic mass is 32.1. The summed E-state index contributed by atoms with van der Waals surface area (Å²) < 4.78 is 55.2. The minimum Gasteiger partial charge on any atom is -0.460 e. The second-order valence-electron chi connectivity index (χ2n) is 7.20. The Labute approximate surface area is 194 Å². The van der Waals surface area contributed by atoms with Crippen molar-refractivity contribution in [2.75, 3.05) is 25.2 Å². The molecule has 1 N–H and O–H groups in total. The largest absolute Gasteiger partial charge is 0.460 e. The lowest BCUT2D eigenvalue weighted by atomic mass is 9.94. The van der Waals surface area contributed by atoms with Crippen LogP contribution < -0.4 is 15.0 Å². The number of alkyl halides is 2. The van der Waals surface area contributed by atoms with Crippen molar-refractivity contribution in [3.8, 4) is 5.75 Å². The van der Waals surface area contributed by atoms with E-state index in [0.29, 0.717) is 16.9 Å². The zero-order valence-corrected chi connectivity index (χ0v) is 19.0. The number of carbonyl (C=O) groups excluding carboxylic acids is 1. The summed E-state index contributed by atoms with van der Waals surface area (Å²) in [7, 11) is 1.47. The zero-order valence-electron chi connectivity index (χ0n) is 18.2. The Balaban J connectivity index is 2.12. The van der Waals surface area contributed by atoms with E-state index >= 15 is 0 Å². The van der Waals surface area contributed by atoms with Crippen molar-refractivity contribution in [1.82, 2.24) is 5.32 Å². The maximum atomic E-state index is 14.3. The van der Waals surface area contributed by atoms with Gasteiger partial charge in [0.2, 0.25) is 0 Å². The monoisotopic (exact) mass is 480 g/mol. The number of esters is 1. The van der Waals surface area contributed by atoms with Crippen LogP contribution in [0.5, 0.6) is 5.75 Å². The van der Waals surface area contributed by atoms with Crippen molar-refractivity contribution < 1.29 is 32.2 Å². The molecule has 1 unspecified atom stereocenters. The van der Waals surface area contributed by atoms with Gasteiger partial charge in [0.05, 0.1) is 23.9 Å². The molecule has 1 aliphatic rings. The number of nitrogens with one attached hydrogen (secondary N) is 1. The summed E-state index contributed by atoms with van der Waals surface area (Å²) in [6, 6.07) is 9.71. The van der Waals surface area contributed by atoms with Gasteiger partial charge in [0.1, 0.15) is 18.2 Å². The summed E-state index contributed by atoms with van der Waals surface area (Å²) in [6.07, 6.45) is 0. The molecule has 2 aromatic rings. The van der Waals surface area contributed by atoms with Gasteiger partial charge in [-0.3, -0.25) is 4.90 Å². The van der Waals surface area contributed by atoms with E-state index in [4.69, 9.17) is 21.7 Å². The van der Waals surface area contributed by atoms with Gasteiger partial charge in [0.15, 0.2) is 5.11 Å². The number of rotatable bonds is 8. The van der Waals surface area contributed by atoms with Gasteiger partial charge in [-0.25, -0.2) is 9.18 Å². The van der Waals surface area contributed by atoms with Gasteiger partial charge in [0, 0.05) is 18.4 Å². The number of hydrogen-bond acceptors (Lipinski definition) is 5. The first-order valence-electron chi connectivity index (χ1n) is 10.0. The lowest BCUT2D eigenvalue weighted by Crippen LogP contribution is -2.48. The Hall–Kier alpha value is -3.11. The minimum atomic E-state index is -3.06. The van der Waals surface area contributed by atoms with E-state index in [1.165, 1.54) is 30.2 Å². The molecule has 1 heterocycles. The Morgan fingerprint density at radius 2 is 1.91 bits per heavy atom. The van der Waals surface area contributed by atoms with Crippen molar-refractivity contribution in [3.05, 3.63) is 70.7 Å². The third-order valence-corrected chi connectivity index (χ3v) is 5.39. The van der Waals surface area contributed by atoms with Crippen LogP contribution in [0.2, 0.25) is 0 Å². The average molecular weight is 481 g/mol. The smallest absolute Gasteiger partial charge is 0.387 e. The van der Waals surface area contributed by atoms with Crippen LogP contribution in [0.25, 0.3) is 0 Å². The predicted molar refractivity (Wildman–Crippen MR) is 121 cm³/mol. The van der Waals surface area contributed by atoms with Crippen molar-refractivity contribution in [2.24, 2.45) is 0 Å². The summed E-state index contributed by atoms with van der Waals surface area (Å²) in [6.45, 7) is 0.352. The SMILES string of the molecule is COCCOC(=O)C1=C(C)N(c2ccc(C)c(F)c2)C(=S)NC1c1ccccc1OC(F)F. The topological polar surface area (TPSA) is 60.0 Å².